The second-order valence-corrected chi connectivity index (χ2v) is 7.72. The van der Waals surface area contributed by atoms with Gasteiger partial charge < -0.3 is 0 Å². The number of aromatic nitrogens is 1. The number of nitrogens with zero attached hydrogens (tertiary/aromatic N) is 1. The third-order valence-electron chi connectivity index (χ3n) is 3.24. The third kappa shape index (κ3) is 3.44. The van der Waals surface area contributed by atoms with Gasteiger partial charge in [0.1, 0.15) is 16.5 Å². The highest BCUT2D eigenvalue weighted by molar-refractivity contribution is 7.92. The Kier molecular flexibility index (Phi) is 4.33. The van der Waals surface area contributed by atoms with E-state index in [0.717, 1.165) is 28.4 Å². The summed E-state index contributed by atoms with van der Waals surface area (Å²) in [6.45, 7) is 1.90. The highest BCUT2D eigenvalue weighted by Crippen LogP contribution is 2.25. The van der Waals surface area contributed by atoms with E-state index in [1.54, 1.807) is 24.3 Å². The molecule has 0 spiro atoms. The summed E-state index contributed by atoms with van der Waals surface area (Å²) in [4.78, 5) is 3.74. The fourth-order valence-electron chi connectivity index (χ4n) is 2.11. The molecule has 3 aromatic rings. The zero-order valence-electron chi connectivity index (χ0n) is 12.5. The van der Waals surface area contributed by atoms with Crippen LogP contribution in [0.2, 0.25) is 0 Å². The Hall–Kier alpha value is -2.32. The maximum Gasteiger partial charge on any atom is 0.264 e. The van der Waals surface area contributed by atoms with Crippen molar-refractivity contribution >= 4 is 27.0 Å². The molecular formula is C16H12F2N2O2S2. The van der Waals surface area contributed by atoms with E-state index in [0.29, 0.717) is 6.07 Å². The smallest absolute Gasteiger partial charge is 0.264 e. The van der Waals surface area contributed by atoms with Crippen molar-refractivity contribution in [1.29, 1.82) is 0 Å². The lowest BCUT2D eigenvalue weighted by Crippen LogP contribution is -2.14. The molecule has 0 bridgehead atoms. The summed E-state index contributed by atoms with van der Waals surface area (Å²) in [5.41, 5.74) is 1.92. The van der Waals surface area contributed by atoms with Crippen molar-refractivity contribution in [2.45, 2.75) is 11.8 Å². The van der Waals surface area contributed by atoms with Crippen molar-refractivity contribution in [3.63, 3.8) is 0 Å². The number of sulfonamides is 1. The van der Waals surface area contributed by atoms with E-state index in [9.17, 15) is 17.2 Å². The molecule has 4 nitrogen and oxygen atoms in total. The summed E-state index contributed by atoms with van der Waals surface area (Å²) in [5.74, 6) is -1.98. The maximum absolute atomic E-state index is 13.7. The number of rotatable bonds is 4. The van der Waals surface area contributed by atoms with Crippen molar-refractivity contribution in [1.82, 2.24) is 4.98 Å². The number of benzene rings is 2. The molecule has 8 heteroatoms. The molecule has 0 saturated carbocycles. The van der Waals surface area contributed by atoms with Crippen molar-refractivity contribution in [3.8, 4) is 11.3 Å². The van der Waals surface area contributed by atoms with E-state index in [1.807, 2.05) is 12.3 Å². The lowest BCUT2D eigenvalue weighted by Gasteiger charge is -2.09. The van der Waals surface area contributed by atoms with Crippen molar-refractivity contribution < 1.29 is 17.2 Å². The van der Waals surface area contributed by atoms with Crippen LogP contribution in [-0.4, -0.2) is 13.4 Å². The average Bonchev–Trinajstić information content (AvgIpc) is 2.93. The van der Waals surface area contributed by atoms with Crippen LogP contribution >= 0.6 is 11.3 Å². The van der Waals surface area contributed by atoms with Gasteiger partial charge in [-0.3, -0.25) is 4.72 Å². The van der Waals surface area contributed by atoms with Crippen molar-refractivity contribution in [2.75, 3.05) is 4.72 Å². The van der Waals surface area contributed by atoms with E-state index >= 15 is 0 Å². The number of thiazole rings is 1. The molecule has 1 N–H and O–H groups in total. The van der Waals surface area contributed by atoms with E-state index in [2.05, 4.69) is 9.71 Å². The Labute approximate surface area is 141 Å². The number of hydrogen-bond acceptors (Lipinski definition) is 4. The highest BCUT2D eigenvalue weighted by atomic mass is 32.2. The van der Waals surface area contributed by atoms with Gasteiger partial charge in [0.25, 0.3) is 10.0 Å². The van der Waals surface area contributed by atoms with Gasteiger partial charge in [-0.1, -0.05) is 12.1 Å². The van der Waals surface area contributed by atoms with Crippen LogP contribution in [0.4, 0.5) is 14.5 Å². The standard InChI is InChI=1S/C16H12F2N2O2S2/c1-10-19-15(9-23-10)11-2-5-13(6-3-11)20-24(21,22)16-7-4-12(17)8-14(16)18/h2-9,20H,1H3. The van der Waals surface area contributed by atoms with Gasteiger partial charge >= 0.3 is 0 Å². The summed E-state index contributed by atoms with van der Waals surface area (Å²) in [6, 6.07) is 8.86. The van der Waals surface area contributed by atoms with Gasteiger partial charge in [0.05, 0.1) is 10.7 Å². The predicted molar refractivity (Wildman–Crippen MR) is 89.5 cm³/mol. The quantitative estimate of drug-likeness (QED) is 0.753. The first-order valence-corrected chi connectivity index (χ1v) is 9.22. The number of halogens is 2. The number of nitrogens with one attached hydrogen (secondary N) is 1. The predicted octanol–water partition coefficient (Wildman–Crippen LogP) is 4.20. The Balaban J connectivity index is 1.85. The second-order valence-electron chi connectivity index (χ2n) is 5.01. The summed E-state index contributed by atoms with van der Waals surface area (Å²) >= 11 is 1.52. The molecule has 0 amide bonds. The Morgan fingerprint density at radius 2 is 1.79 bits per heavy atom. The molecule has 0 unspecified atom stereocenters. The highest BCUT2D eigenvalue weighted by Gasteiger charge is 2.19. The largest absolute Gasteiger partial charge is 0.280 e. The first-order valence-electron chi connectivity index (χ1n) is 6.85. The number of aryl methyl sites for hydroxylation is 1. The summed E-state index contributed by atoms with van der Waals surface area (Å²) in [5, 5.41) is 2.84. The SMILES string of the molecule is Cc1nc(-c2ccc(NS(=O)(=O)c3ccc(F)cc3F)cc2)cs1. The lowest BCUT2D eigenvalue weighted by molar-refractivity contribution is 0.551. The first-order chi connectivity index (χ1) is 11.3. The van der Waals surface area contributed by atoms with Gasteiger partial charge in [-0.15, -0.1) is 11.3 Å². The molecule has 1 heterocycles. The van der Waals surface area contributed by atoms with Crippen LogP contribution in [-0.2, 0) is 10.0 Å². The van der Waals surface area contributed by atoms with Crippen LogP contribution in [0.15, 0.2) is 52.7 Å². The van der Waals surface area contributed by atoms with Crippen LogP contribution < -0.4 is 4.72 Å². The molecule has 2 aromatic carbocycles. The molecule has 0 aliphatic heterocycles. The zero-order valence-corrected chi connectivity index (χ0v) is 14.1. The topological polar surface area (TPSA) is 59.1 Å². The number of anilines is 1. The molecule has 0 radical (unpaired) electrons. The Bertz CT molecular complexity index is 984. The lowest BCUT2D eigenvalue weighted by atomic mass is 10.1. The second kappa shape index (κ2) is 6.29. The van der Waals surface area contributed by atoms with Crippen LogP contribution in [0.5, 0.6) is 0 Å². The zero-order chi connectivity index (χ0) is 17.3. The molecule has 0 atom stereocenters. The molecular weight excluding hydrogens is 354 g/mol. The number of hydrogen-bond donors (Lipinski definition) is 1. The summed E-state index contributed by atoms with van der Waals surface area (Å²) in [7, 11) is -4.14. The van der Waals surface area contributed by atoms with E-state index < -0.39 is 26.6 Å². The Morgan fingerprint density at radius 1 is 1.08 bits per heavy atom. The van der Waals surface area contributed by atoms with E-state index in [4.69, 9.17) is 0 Å². The Morgan fingerprint density at radius 3 is 2.38 bits per heavy atom. The van der Waals surface area contributed by atoms with Crippen LogP contribution in [0.3, 0.4) is 0 Å². The van der Waals surface area contributed by atoms with Gasteiger partial charge in [-0.25, -0.2) is 22.2 Å². The molecule has 24 heavy (non-hydrogen) atoms. The van der Waals surface area contributed by atoms with Crippen LogP contribution in [0, 0.1) is 18.6 Å². The third-order valence-corrected chi connectivity index (χ3v) is 5.42. The van der Waals surface area contributed by atoms with Crippen molar-refractivity contribution in [2.24, 2.45) is 0 Å². The van der Waals surface area contributed by atoms with Gasteiger partial charge in [-0.05, 0) is 31.2 Å². The van der Waals surface area contributed by atoms with Crippen LogP contribution in [0.25, 0.3) is 11.3 Å². The molecule has 124 valence electrons. The fourth-order valence-corrected chi connectivity index (χ4v) is 3.85. The van der Waals surface area contributed by atoms with E-state index in [-0.39, 0.29) is 5.69 Å². The molecule has 0 fully saturated rings. The van der Waals surface area contributed by atoms with Gasteiger partial charge in [0.2, 0.25) is 0 Å². The van der Waals surface area contributed by atoms with Gasteiger partial charge in [-0.2, -0.15) is 0 Å². The molecule has 1 aromatic heterocycles. The summed E-state index contributed by atoms with van der Waals surface area (Å²) in [6.07, 6.45) is 0. The molecule has 3 rings (SSSR count). The molecule has 0 aliphatic carbocycles. The average molecular weight is 366 g/mol. The minimum Gasteiger partial charge on any atom is -0.280 e. The minimum atomic E-state index is -4.14. The van der Waals surface area contributed by atoms with Gasteiger partial charge in [0.15, 0.2) is 0 Å². The van der Waals surface area contributed by atoms with Crippen molar-refractivity contribution in [3.05, 3.63) is 64.5 Å². The molecule has 0 saturated heterocycles. The first kappa shape index (κ1) is 16.5. The maximum atomic E-state index is 13.7. The van der Waals surface area contributed by atoms with Gasteiger partial charge in [0, 0.05) is 22.7 Å². The fraction of sp³-hybridized carbons (Fsp3) is 0.0625. The molecule has 0 aliphatic rings. The minimum absolute atomic E-state index is 0.273. The van der Waals surface area contributed by atoms with Crippen LogP contribution in [0.1, 0.15) is 5.01 Å². The monoisotopic (exact) mass is 366 g/mol. The van der Waals surface area contributed by atoms with E-state index in [1.165, 1.54) is 11.3 Å². The summed E-state index contributed by atoms with van der Waals surface area (Å²) < 4.78 is 53.3. The normalized spacial score (nSPS) is 11.5.